The van der Waals surface area contributed by atoms with E-state index in [1.54, 1.807) is 24.3 Å². The van der Waals surface area contributed by atoms with Crippen LogP contribution in [0.25, 0.3) is 22.4 Å². The molecule has 0 N–H and O–H groups in total. The van der Waals surface area contributed by atoms with Crippen LogP contribution in [-0.4, -0.2) is 19.7 Å². The van der Waals surface area contributed by atoms with Gasteiger partial charge in [0.1, 0.15) is 10.5 Å². The molecule has 0 unspecified atom stereocenters. The van der Waals surface area contributed by atoms with Crippen LogP contribution in [0.4, 0.5) is 5.69 Å². The fraction of sp³-hybridized carbons (Fsp3) is 0.150. The summed E-state index contributed by atoms with van der Waals surface area (Å²) < 4.78 is 7.41. The van der Waals surface area contributed by atoms with Crippen molar-refractivity contribution in [1.29, 1.82) is 0 Å². The number of non-ortho nitro benzene ring substituents is 1. The predicted octanol–water partition coefficient (Wildman–Crippen LogP) is 4.45. The van der Waals surface area contributed by atoms with E-state index in [0.29, 0.717) is 21.5 Å². The maximum atomic E-state index is 12.4. The van der Waals surface area contributed by atoms with Crippen molar-refractivity contribution in [2.45, 2.75) is 28.9 Å². The minimum atomic E-state index is -0.435. The number of aromatic nitrogens is 3. The summed E-state index contributed by atoms with van der Waals surface area (Å²) in [6, 6.07) is 15.6. The highest BCUT2D eigenvalue weighted by molar-refractivity contribution is 7.99. The van der Waals surface area contributed by atoms with Gasteiger partial charge >= 0.3 is 5.63 Å². The van der Waals surface area contributed by atoms with Gasteiger partial charge in [0.05, 0.1) is 4.92 Å². The van der Waals surface area contributed by atoms with Crippen molar-refractivity contribution in [3.8, 4) is 11.4 Å². The summed E-state index contributed by atoms with van der Waals surface area (Å²) in [4.78, 5) is 23.3. The number of nitrogens with zero attached hydrogens (tertiary/aromatic N) is 4. The number of nitro groups is 1. The van der Waals surface area contributed by atoms with Crippen molar-refractivity contribution in [3.63, 3.8) is 0 Å². The molecule has 1 aliphatic carbocycles. The molecule has 2 heterocycles. The molecule has 0 atom stereocenters. The van der Waals surface area contributed by atoms with E-state index in [-0.39, 0.29) is 11.7 Å². The minimum absolute atomic E-state index is 0.0228. The average molecular weight is 406 g/mol. The van der Waals surface area contributed by atoms with E-state index in [0.717, 1.165) is 23.8 Å². The van der Waals surface area contributed by atoms with Crippen molar-refractivity contribution < 1.29 is 9.34 Å². The maximum absolute atomic E-state index is 12.4. The molecule has 0 bridgehead atoms. The fourth-order valence-corrected chi connectivity index (χ4v) is 4.07. The quantitative estimate of drug-likeness (QED) is 0.274. The van der Waals surface area contributed by atoms with E-state index in [4.69, 9.17) is 4.42 Å². The molecule has 144 valence electrons. The molecule has 1 aliphatic rings. The second-order valence-corrected chi connectivity index (χ2v) is 7.76. The third kappa shape index (κ3) is 3.29. The SMILES string of the molecule is O=c1oc2ccccc2cc1Sc1nnc(-c2ccc([N+](=O)[O-])cc2)n1C1CC1. The molecule has 1 fully saturated rings. The summed E-state index contributed by atoms with van der Waals surface area (Å²) in [5, 5.41) is 20.9. The van der Waals surface area contributed by atoms with Crippen molar-refractivity contribution >= 4 is 28.4 Å². The molecule has 9 heteroatoms. The lowest BCUT2D eigenvalue weighted by molar-refractivity contribution is -0.384. The number of benzene rings is 2. The van der Waals surface area contributed by atoms with Gasteiger partial charge < -0.3 is 4.42 Å². The van der Waals surface area contributed by atoms with Crippen LogP contribution in [0.1, 0.15) is 18.9 Å². The van der Waals surface area contributed by atoms with Gasteiger partial charge in [-0.3, -0.25) is 14.7 Å². The Labute approximate surface area is 168 Å². The zero-order chi connectivity index (χ0) is 20.0. The molecule has 0 amide bonds. The Morgan fingerprint density at radius 3 is 2.59 bits per heavy atom. The smallest absolute Gasteiger partial charge is 0.350 e. The Hall–Kier alpha value is -3.46. The summed E-state index contributed by atoms with van der Waals surface area (Å²) in [6.45, 7) is 0. The molecule has 4 aromatic rings. The first-order valence-corrected chi connectivity index (χ1v) is 9.82. The van der Waals surface area contributed by atoms with Gasteiger partial charge in [-0.25, -0.2) is 4.79 Å². The van der Waals surface area contributed by atoms with Crippen molar-refractivity contribution in [1.82, 2.24) is 14.8 Å². The predicted molar refractivity (Wildman–Crippen MR) is 107 cm³/mol. The lowest BCUT2D eigenvalue weighted by atomic mass is 10.2. The topological polar surface area (TPSA) is 104 Å². The summed E-state index contributed by atoms with van der Waals surface area (Å²) in [6.07, 6.45) is 2.00. The maximum Gasteiger partial charge on any atom is 0.350 e. The van der Waals surface area contributed by atoms with Gasteiger partial charge in [0.2, 0.25) is 0 Å². The van der Waals surface area contributed by atoms with E-state index >= 15 is 0 Å². The number of nitro benzene ring substituents is 1. The highest BCUT2D eigenvalue weighted by Crippen LogP contribution is 2.42. The first-order valence-electron chi connectivity index (χ1n) is 9.00. The normalized spacial score (nSPS) is 13.7. The molecule has 5 rings (SSSR count). The number of fused-ring (bicyclic) bond motifs is 1. The first-order chi connectivity index (χ1) is 14.1. The molecule has 2 aromatic heterocycles. The van der Waals surface area contributed by atoms with Gasteiger partial charge in [0.25, 0.3) is 5.69 Å². The molecule has 0 aliphatic heterocycles. The van der Waals surface area contributed by atoms with Crippen LogP contribution in [0.2, 0.25) is 0 Å². The van der Waals surface area contributed by atoms with Crippen LogP contribution >= 0.6 is 11.8 Å². The van der Waals surface area contributed by atoms with Crippen molar-refractivity contribution in [2.24, 2.45) is 0 Å². The monoisotopic (exact) mass is 406 g/mol. The van der Waals surface area contributed by atoms with Crippen molar-refractivity contribution in [2.75, 3.05) is 0 Å². The Morgan fingerprint density at radius 1 is 1.10 bits per heavy atom. The Kier molecular flexibility index (Phi) is 4.17. The molecule has 0 spiro atoms. The third-order valence-corrected chi connectivity index (χ3v) is 5.69. The summed E-state index contributed by atoms with van der Waals surface area (Å²) in [5.41, 5.74) is 0.884. The average Bonchev–Trinajstić information content (AvgIpc) is 3.48. The lowest BCUT2D eigenvalue weighted by Gasteiger charge is -2.08. The van der Waals surface area contributed by atoms with Crippen LogP contribution in [-0.2, 0) is 0 Å². The number of hydrogen-bond donors (Lipinski definition) is 0. The van der Waals surface area contributed by atoms with E-state index in [1.165, 1.54) is 23.9 Å². The second kappa shape index (κ2) is 6.85. The molecule has 29 heavy (non-hydrogen) atoms. The molecule has 0 radical (unpaired) electrons. The zero-order valence-electron chi connectivity index (χ0n) is 15.0. The summed E-state index contributed by atoms with van der Waals surface area (Å²) >= 11 is 1.22. The number of hydrogen-bond acceptors (Lipinski definition) is 7. The molecular formula is C20H14N4O4S. The Balaban J connectivity index is 1.54. The van der Waals surface area contributed by atoms with Crippen LogP contribution < -0.4 is 5.63 Å². The summed E-state index contributed by atoms with van der Waals surface area (Å²) in [5.74, 6) is 0.634. The molecule has 1 saturated carbocycles. The largest absolute Gasteiger partial charge is 0.422 e. The van der Waals surface area contributed by atoms with Gasteiger partial charge in [-0.05, 0) is 48.9 Å². The molecule has 8 nitrogen and oxygen atoms in total. The number of para-hydroxylation sites is 1. The Morgan fingerprint density at radius 2 is 1.86 bits per heavy atom. The minimum Gasteiger partial charge on any atom is -0.422 e. The van der Waals surface area contributed by atoms with E-state index in [2.05, 4.69) is 10.2 Å². The van der Waals surface area contributed by atoms with Crippen LogP contribution in [0.5, 0.6) is 0 Å². The molecule has 0 saturated heterocycles. The summed E-state index contributed by atoms with van der Waals surface area (Å²) in [7, 11) is 0. The standard InChI is InChI=1S/C20H14N4O4S/c25-19-17(11-13-3-1-2-4-16(13)28-19)29-20-22-21-18(23(20)14-9-10-14)12-5-7-15(8-6-12)24(26)27/h1-8,11,14H,9-10H2. The van der Waals surface area contributed by atoms with Gasteiger partial charge in [-0.2, -0.15) is 0 Å². The van der Waals surface area contributed by atoms with Crippen LogP contribution in [0.15, 0.2) is 73.9 Å². The fourth-order valence-electron chi connectivity index (χ4n) is 3.15. The highest BCUT2D eigenvalue weighted by atomic mass is 32.2. The highest BCUT2D eigenvalue weighted by Gasteiger charge is 2.31. The van der Waals surface area contributed by atoms with Gasteiger partial charge in [0, 0.05) is 29.1 Å². The Bertz CT molecular complexity index is 1290. The van der Waals surface area contributed by atoms with Crippen LogP contribution in [0.3, 0.4) is 0 Å². The first kappa shape index (κ1) is 17.6. The third-order valence-electron chi connectivity index (χ3n) is 4.72. The van der Waals surface area contributed by atoms with E-state index < -0.39 is 10.5 Å². The zero-order valence-corrected chi connectivity index (χ0v) is 15.8. The van der Waals surface area contributed by atoms with E-state index in [9.17, 15) is 14.9 Å². The van der Waals surface area contributed by atoms with Gasteiger partial charge in [-0.1, -0.05) is 18.2 Å². The van der Waals surface area contributed by atoms with Crippen LogP contribution in [0, 0.1) is 10.1 Å². The second-order valence-electron chi connectivity index (χ2n) is 6.75. The molecule has 2 aromatic carbocycles. The van der Waals surface area contributed by atoms with Crippen molar-refractivity contribution in [3.05, 3.63) is 75.1 Å². The van der Waals surface area contributed by atoms with Gasteiger partial charge in [-0.15, -0.1) is 10.2 Å². The molecular weight excluding hydrogens is 392 g/mol. The van der Waals surface area contributed by atoms with Gasteiger partial charge in [0.15, 0.2) is 11.0 Å². The van der Waals surface area contributed by atoms with E-state index in [1.807, 2.05) is 22.8 Å². The number of rotatable bonds is 5. The lowest BCUT2D eigenvalue weighted by Crippen LogP contribution is -2.04.